The van der Waals surface area contributed by atoms with E-state index in [2.05, 4.69) is 23.1 Å². The number of nitrogens with one attached hydrogen (secondary N) is 1. The molecule has 0 aliphatic heterocycles. The molecule has 104 valence electrons. The van der Waals surface area contributed by atoms with Crippen LogP contribution in [0.1, 0.15) is 27.0 Å². The average Bonchev–Trinajstić information content (AvgIpc) is 2.56. The van der Waals surface area contributed by atoms with Gasteiger partial charge < -0.3 is 10.4 Å². The molecule has 0 aliphatic rings. The summed E-state index contributed by atoms with van der Waals surface area (Å²) in [5.41, 5.74) is 1.26. The summed E-state index contributed by atoms with van der Waals surface area (Å²) >= 11 is 0. The van der Waals surface area contributed by atoms with E-state index in [0.717, 1.165) is 0 Å². The fraction of sp³-hybridized carbons (Fsp3) is 0. The first kappa shape index (κ1) is 14.8. The second kappa shape index (κ2) is 6.23. The first-order valence-corrected chi connectivity index (χ1v) is 6.28. The summed E-state index contributed by atoms with van der Waals surface area (Å²) in [4.78, 5) is 12.2. The van der Waals surface area contributed by atoms with Crippen LogP contribution in [0.4, 0.5) is 5.69 Å². The zero-order valence-corrected chi connectivity index (χ0v) is 11.6. The Morgan fingerprint density at radius 2 is 1.64 bits per heavy atom. The number of aromatic hydroxyl groups is 1. The van der Waals surface area contributed by atoms with Gasteiger partial charge in [-0.2, -0.15) is 0 Å². The molecule has 0 aromatic heterocycles. The SMILES string of the molecule is C#Cc1cc(O)c(NC(=O)c2ccccc2)c(C#C)c1C#C. The minimum Gasteiger partial charge on any atom is -0.506 e. The Morgan fingerprint density at radius 3 is 2.18 bits per heavy atom. The Morgan fingerprint density at radius 1 is 1.00 bits per heavy atom. The summed E-state index contributed by atoms with van der Waals surface area (Å²) in [5.74, 6) is 6.49. The molecular formula is C19H11NO2. The molecule has 0 saturated heterocycles. The van der Waals surface area contributed by atoms with Gasteiger partial charge in [-0.25, -0.2) is 0 Å². The van der Waals surface area contributed by atoms with Crippen molar-refractivity contribution in [3.05, 3.63) is 58.7 Å². The standard InChI is InChI=1S/C19H11NO2/c1-4-13-12-17(21)18(16(6-3)15(13)5-2)20-19(22)14-10-8-7-9-11-14/h1-3,7-12,21H,(H,20,22). The molecule has 0 saturated carbocycles. The maximum Gasteiger partial charge on any atom is 0.255 e. The zero-order valence-electron chi connectivity index (χ0n) is 11.6. The number of phenols is 1. The summed E-state index contributed by atoms with van der Waals surface area (Å²) in [6, 6.07) is 9.83. The van der Waals surface area contributed by atoms with E-state index in [0.29, 0.717) is 11.1 Å². The highest BCUT2D eigenvalue weighted by Crippen LogP contribution is 2.32. The molecule has 2 N–H and O–H groups in total. The van der Waals surface area contributed by atoms with Crippen molar-refractivity contribution in [3.8, 4) is 42.8 Å². The van der Waals surface area contributed by atoms with Crippen molar-refractivity contribution in [3.63, 3.8) is 0 Å². The third-order valence-corrected chi connectivity index (χ3v) is 3.03. The first-order valence-electron chi connectivity index (χ1n) is 6.28. The van der Waals surface area contributed by atoms with Crippen LogP contribution < -0.4 is 5.32 Å². The fourth-order valence-electron chi connectivity index (χ4n) is 1.98. The quantitative estimate of drug-likeness (QED) is 0.658. The van der Waals surface area contributed by atoms with Crippen LogP contribution in [0.15, 0.2) is 36.4 Å². The minimum atomic E-state index is -0.413. The number of carbonyl (C=O) groups excluding carboxylic acids is 1. The Labute approximate surface area is 129 Å². The number of amides is 1. The maximum absolute atomic E-state index is 12.2. The average molecular weight is 285 g/mol. The number of terminal acetylenes is 3. The second-order valence-electron chi connectivity index (χ2n) is 4.32. The van der Waals surface area contributed by atoms with Gasteiger partial charge in [0.05, 0.1) is 11.1 Å². The molecule has 2 aromatic carbocycles. The molecule has 0 fully saturated rings. The first-order chi connectivity index (χ1) is 10.6. The molecular weight excluding hydrogens is 274 g/mol. The molecule has 0 aliphatic carbocycles. The lowest BCUT2D eigenvalue weighted by Crippen LogP contribution is -2.13. The van der Waals surface area contributed by atoms with Gasteiger partial charge in [-0.15, -0.1) is 19.3 Å². The highest BCUT2D eigenvalue weighted by molar-refractivity contribution is 6.06. The molecule has 2 rings (SSSR count). The van der Waals surface area contributed by atoms with Gasteiger partial charge in [-0.05, 0) is 18.2 Å². The Balaban J connectivity index is 2.54. The van der Waals surface area contributed by atoms with Gasteiger partial charge in [0.15, 0.2) is 0 Å². The Bertz CT molecular complexity index is 860. The van der Waals surface area contributed by atoms with Crippen molar-refractivity contribution in [2.24, 2.45) is 0 Å². The number of phenolic OH excluding ortho intramolecular Hbond substituents is 1. The smallest absolute Gasteiger partial charge is 0.255 e. The number of hydrogen-bond acceptors (Lipinski definition) is 2. The number of rotatable bonds is 2. The fourth-order valence-corrected chi connectivity index (χ4v) is 1.98. The van der Waals surface area contributed by atoms with E-state index in [1.807, 2.05) is 0 Å². The molecule has 0 bridgehead atoms. The monoisotopic (exact) mass is 285 g/mol. The van der Waals surface area contributed by atoms with Crippen molar-refractivity contribution in [2.75, 3.05) is 5.32 Å². The predicted molar refractivity (Wildman–Crippen MR) is 86.3 cm³/mol. The van der Waals surface area contributed by atoms with Crippen LogP contribution in [0.5, 0.6) is 5.75 Å². The van der Waals surface area contributed by atoms with E-state index < -0.39 is 5.91 Å². The van der Waals surface area contributed by atoms with Crippen molar-refractivity contribution >= 4 is 11.6 Å². The maximum atomic E-state index is 12.2. The lowest BCUT2D eigenvalue weighted by atomic mass is 9.99. The largest absolute Gasteiger partial charge is 0.506 e. The lowest BCUT2D eigenvalue weighted by Gasteiger charge is -2.13. The van der Waals surface area contributed by atoms with Crippen LogP contribution >= 0.6 is 0 Å². The molecule has 1 amide bonds. The van der Waals surface area contributed by atoms with Crippen LogP contribution in [0.25, 0.3) is 0 Å². The predicted octanol–water partition coefficient (Wildman–Crippen LogP) is 2.59. The Hall–Kier alpha value is -3.61. The van der Waals surface area contributed by atoms with Crippen molar-refractivity contribution < 1.29 is 9.90 Å². The van der Waals surface area contributed by atoms with E-state index in [1.54, 1.807) is 30.3 Å². The van der Waals surface area contributed by atoms with Gasteiger partial charge in [0.2, 0.25) is 0 Å². The summed E-state index contributed by atoms with van der Waals surface area (Å²) in [6.45, 7) is 0. The zero-order chi connectivity index (χ0) is 16.1. The molecule has 0 heterocycles. The van der Waals surface area contributed by atoms with Crippen LogP contribution in [-0.2, 0) is 0 Å². The van der Waals surface area contributed by atoms with E-state index >= 15 is 0 Å². The van der Waals surface area contributed by atoms with E-state index in [1.165, 1.54) is 6.07 Å². The van der Waals surface area contributed by atoms with Crippen LogP contribution in [0.2, 0.25) is 0 Å². The Kier molecular flexibility index (Phi) is 4.19. The molecule has 0 radical (unpaired) electrons. The molecule has 0 unspecified atom stereocenters. The summed E-state index contributed by atoms with van der Waals surface area (Å²) in [5, 5.41) is 12.7. The molecule has 0 spiro atoms. The van der Waals surface area contributed by atoms with E-state index in [9.17, 15) is 9.90 Å². The van der Waals surface area contributed by atoms with Gasteiger partial charge in [0, 0.05) is 11.1 Å². The normalized spacial score (nSPS) is 9.14. The summed E-state index contributed by atoms with van der Waals surface area (Å²) in [7, 11) is 0. The van der Waals surface area contributed by atoms with Gasteiger partial charge in [-0.1, -0.05) is 36.0 Å². The molecule has 22 heavy (non-hydrogen) atoms. The van der Waals surface area contributed by atoms with Crippen LogP contribution in [-0.4, -0.2) is 11.0 Å². The number of carbonyl (C=O) groups is 1. The van der Waals surface area contributed by atoms with E-state index in [-0.39, 0.29) is 22.6 Å². The molecule has 3 nitrogen and oxygen atoms in total. The van der Waals surface area contributed by atoms with Crippen LogP contribution in [0, 0.1) is 37.0 Å². The van der Waals surface area contributed by atoms with Gasteiger partial charge >= 0.3 is 0 Å². The number of benzene rings is 2. The number of hydrogen-bond donors (Lipinski definition) is 2. The van der Waals surface area contributed by atoms with Gasteiger partial charge in [0.25, 0.3) is 5.91 Å². The lowest BCUT2D eigenvalue weighted by molar-refractivity contribution is 0.102. The highest BCUT2D eigenvalue weighted by Gasteiger charge is 2.17. The van der Waals surface area contributed by atoms with E-state index in [4.69, 9.17) is 19.3 Å². The molecule has 3 heteroatoms. The van der Waals surface area contributed by atoms with Crippen molar-refractivity contribution in [2.45, 2.75) is 0 Å². The molecule has 0 atom stereocenters. The summed E-state index contributed by atoms with van der Waals surface area (Å²) < 4.78 is 0. The topological polar surface area (TPSA) is 49.3 Å². The third-order valence-electron chi connectivity index (χ3n) is 3.03. The van der Waals surface area contributed by atoms with Crippen LogP contribution in [0.3, 0.4) is 0 Å². The number of anilines is 1. The van der Waals surface area contributed by atoms with Gasteiger partial charge in [-0.3, -0.25) is 4.79 Å². The van der Waals surface area contributed by atoms with Gasteiger partial charge in [0.1, 0.15) is 11.4 Å². The van der Waals surface area contributed by atoms with Crippen molar-refractivity contribution in [1.82, 2.24) is 0 Å². The second-order valence-corrected chi connectivity index (χ2v) is 4.32. The third kappa shape index (κ3) is 2.63. The summed E-state index contributed by atoms with van der Waals surface area (Å²) in [6.07, 6.45) is 16.2. The highest BCUT2D eigenvalue weighted by atomic mass is 16.3. The van der Waals surface area contributed by atoms with Crippen molar-refractivity contribution in [1.29, 1.82) is 0 Å². The minimum absolute atomic E-state index is 0.0725. The molecule has 2 aromatic rings.